The highest BCUT2D eigenvalue weighted by atomic mass is 79.9. The topological polar surface area (TPSA) is 37.3 Å². The van der Waals surface area contributed by atoms with Crippen molar-refractivity contribution in [2.45, 2.75) is 6.92 Å². The third-order valence-electron chi connectivity index (χ3n) is 1.76. The van der Waals surface area contributed by atoms with Gasteiger partial charge >= 0.3 is 5.97 Å². The fourth-order valence-electron chi connectivity index (χ4n) is 1.14. The van der Waals surface area contributed by atoms with Crippen LogP contribution in [0.5, 0.6) is 0 Å². The normalized spacial score (nSPS) is 9.64. The van der Waals surface area contributed by atoms with Gasteiger partial charge in [0.1, 0.15) is 0 Å². The fraction of sp³-hybridized carbons (Fsp3) is 0.100. The first-order chi connectivity index (χ1) is 6.50. The predicted molar refractivity (Wildman–Crippen MR) is 64.0 cm³/mol. The molecule has 1 N–H and O–H groups in total. The molecule has 0 saturated carbocycles. The lowest BCUT2D eigenvalue weighted by atomic mass is 10.1. The molecule has 0 bridgehead atoms. The van der Waals surface area contributed by atoms with Crippen LogP contribution in [-0.4, -0.2) is 11.1 Å². The first-order valence-corrected chi connectivity index (χ1v) is 5.46. The number of benzene rings is 1. The van der Waals surface area contributed by atoms with Crippen LogP contribution in [0.4, 0.5) is 0 Å². The van der Waals surface area contributed by atoms with E-state index in [-0.39, 0.29) is 0 Å². The Morgan fingerprint density at radius 2 is 2.07 bits per heavy atom. The van der Waals surface area contributed by atoms with E-state index in [1.807, 2.05) is 12.1 Å². The molecule has 1 aromatic carbocycles. The lowest BCUT2D eigenvalue weighted by molar-refractivity contribution is 0.0696. The summed E-state index contributed by atoms with van der Waals surface area (Å²) in [5.74, 6) is -0.893. The highest BCUT2D eigenvalue weighted by molar-refractivity contribution is 9.28. The molecular weight excluding hydrogens is 312 g/mol. The van der Waals surface area contributed by atoms with E-state index in [4.69, 9.17) is 5.11 Å². The molecule has 14 heavy (non-hydrogen) atoms. The summed E-state index contributed by atoms with van der Waals surface area (Å²) in [6.07, 6.45) is 1.86. The van der Waals surface area contributed by atoms with Crippen molar-refractivity contribution in [3.63, 3.8) is 0 Å². The summed E-state index contributed by atoms with van der Waals surface area (Å²) < 4.78 is 0.826. The molecule has 0 heterocycles. The fourth-order valence-corrected chi connectivity index (χ4v) is 1.67. The minimum atomic E-state index is -0.893. The molecule has 0 fully saturated rings. The van der Waals surface area contributed by atoms with E-state index in [0.29, 0.717) is 5.56 Å². The van der Waals surface area contributed by atoms with Crippen LogP contribution in [0.3, 0.4) is 0 Å². The van der Waals surface area contributed by atoms with Gasteiger partial charge in [-0.1, -0.05) is 12.1 Å². The summed E-state index contributed by atoms with van der Waals surface area (Å²) in [5, 5.41) is 8.80. The first kappa shape index (κ1) is 11.5. The Morgan fingerprint density at radius 1 is 1.43 bits per heavy atom. The van der Waals surface area contributed by atoms with Gasteiger partial charge in [0.2, 0.25) is 0 Å². The van der Waals surface area contributed by atoms with Crippen LogP contribution in [-0.2, 0) is 0 Å². The molecular formula is C10H8Br2O2. The quantitative estimate of drug-likeness (QED) is 0.900. The Morgan fingerprint density at radius 3 is 2.50 bits per heavy atom. The summed E-state index contributed by atoms with van der Waals surface area (Å²) in [7, 11) is 0. The van der Waals surface area contributed by atoms with Gasteiger partial charge in [0.15, 0.2) is 0 Å². The summed E-state index contributed by atoms with van der Waals surface area (Å²) in [4.78, 5) is 10.7. The van der Waals surface area contributed by atoms with E-state index in [0.717, 1.165) is 14.5 Å². The lowest BCUT2D eigenvalue weighted by Gasteiger charge is -2.01. The second-order valence-corrected chi connectivity index (χ2v) is 5.59. The summed E-state index contributed by atoms with van der Waals surface area (Å²) >= 11 is 6.49. The number of rotatable bonds is 2. The Hall–Kier alpha value is -0.610. The van der Waals surface area contributed by atoms with Gasteiger partial charge in [0.25, 0.3) is 0 Å². The highest BCUT2D eigenvalue weighted by Crippen LogP contribution is 2.20. The number of carboxylic acids is 1. The van der Waals surface area contributed by atoms with Crippen molar-refractivity contribution >= 4 is 43.9 Å². The van der Waals surface area contributed by atoms with Crippen LogP contribution < -0.4 is 0 Å². The van der Waals surface area contributed by atoms with Crippen LogP contribution in [0.2, 0.25) is 0 Å². The number of carboxylic acid groups (broad SMARTS) is 1. The average Bonchev–Trinajstić information content (AvgIpc) is 2.01. The van der Waals surface area contributed by atoms with Crippen molar-refractivity contribution in [1.82, 2.24) is 0 Å². The van der Waals surface area contributed by atoms with E-state index >= 15 is 0 Å². The number of hydrogen-bond donors (Lipinski definition) is 1. The molecule has 2 nitrogen and oxygen atoms in total. The zero-order valence-electron chi connectivity index (χ0n) is 7.42. The van der Waals surface area contributed by atoms with Crippen molar-refractivity contribution in [3.05, 3.63) is 38.3 Å². The smallest absolute Gasteiger partial charge is 0.335 e. The van der Waals surface area contributed by atoms with Gasteiger partial charge in [-0.2, -0.15) is 0 Å². The van der Waals surface area contributed by atoms with Crippen LogP contribution >= 0.6 is 31.9 Å². The zero-order chi connectivity index (χ0) is 10.7. The summed E-state index contributed by atoms with van der Waals surface area (Å²) in [6.45, 7) is 1.78. The minimum absolute atomic E-state index is 0.341. The number of halogens is 2. The van der Waals surface area contributed by atoms with Crippen LogP contribution in [0, 0.1) is 6.92 Å². The van der Waals surface area contributed by atoms with Gasteiger partial charge in [-0.25, -0.2) is 4.79 Å². The minimum Gasteiger partial charge on any atom is -0.478 e. The largest absolute Gasteiger partial charge is 0.478 e. The molecule has 0 aliphatic heterocycles. The van der Waals surface area contributed by atoms with Crippen molar-refractivity contribution in [1.29, 1.82) is 0 Å². The Bertz CT molecular complexity index is 393. The molecule has 1 rings (SSSR count). The van der Waals surface area contributed by atoms with Gasteiger partial charge in [-0.05, 0) is 62.1 Å². The molecule has 0 aromatic heterocycles. The van der Waals surface area contributed by atoms with Gasteiger partial charge in [-0.3, -0.25) is 0 Å². The number of carbonyl (C=O) groups is 1. The molecule has 0 aliphatic rings. The maximum Gasteiger partial charge on any atom is 0.335 e. The van der Waals surface area contributed by atoms with Gasteiger partial charge in [0, 0.05) is 0 Å². The number of aryl methyl sites for hydroxylation is 1. The first-order valence-electron chi connectivity index (χ1n) is 3.87. The van der Waals surface area contributed by atoms with Crippen molar-refractivity contribution in [2.75, 3.05) is 0 Å². The third kappa shape index (κ3) is 2.96. The zero-order valence-corrected chi connectivity index (χ0v) is 10.6. The summed E-state index contributed by atoms with van der Waals surface area (Å²) in [5.41, 5.74) is 2.05. The van der Waals surface area contributed by atoms with Crippen molar-refractivity contribution in [2.24, 2.45) is 0 Å². The molecule has 0 aliphatic carbocycles. The SMILES string of the molecule is Cc1cc(C=C(Br)Br)ccc1C(=O)O. The van der Waals surface area contributed by atoms with Crippen molar-refractivity contribution in [3.8, 4) is 0 Å². The molecule has 74 valence electrons. The second-order valence-electron chi connectivity index (χ2n) is 2.81. The molecule has 0 amide bonds. The second kappa shape index (κ2) is 4.75. The molecule has 0 spiro atoms. The number of hydrogen-bond acceptors (Lipinski definition) is 1. The standard InChI is InChI=1S/C10H8Br2O2/c1-6-4-7(5-9(11)12)2-3-8(6)10(13)14/h2-5H,1H3,(H,13,14). The third-order valence-corrected chi connectivity index (χ3v) is 2.21. The van der Waals surface area contributed by atoms with E-state index in [2.05, 4.69) is 31.9 Å². The maximum absolute atomic E-state index is 10.7. The van der Waals surface area contributed by atoms with E-state index in [9.17, 15) is 4.79 Å². The Balaban J connectivity index is 3.13. The molecule has 0 radical (unpaired) electrons. The van der Waals surface area contributed by atoms with Crippen LogP contribution in [0.25, 0.3) is 6.08 Å². The molecule has 4 heteroatoms. The van der Waals surface area contributed by atoms with E-state index in [1.54, 1.807) is 19.1 Å². The predicted octanol–water partition coefficient (Wildman–Crippen LogP) is 3.78. The monoisotopic (exact) mass is 318 g/mol. The maximum atomic E-state index is 10.7. The molecule has 0 unspecified atom stereocenters. The van der Waals surface area contributed by atoms with E-state index < -0.39 is 5.97 Å². The molecule has 0 atom stereocenters. The molecule has 1 aromatic rings. The number of aromatic carboxylic acids is 1. The van der Waals surface area contributed by atoms with Gasteiger partial charge in [-0.15, -0.1) is 0 Å². The van der Waals surface area contributed by atoms with E-state index in [1.165, 1.54) is 0 Å². The van der Waals surface area contributed by atoms with Crippen LogP contribution in [0.1, 0.15) is 21.5 Å². The summed E-state index contributed by atoms with van der Waals surface area (Å²) in [6, 6.07) is 5.19. The molecule has 0 saturated heterocycles. The van der Waals surface area contributed by atoms with Gasteiger partial charge in [0.05, 0.1) is 8.96 Å². The Kier molecular flexibility index (Phi) is 3.89. The lowest BCUT2D eigenvalue weighted by Crippen LogP contribution is -1.99. The Labute approximate surface area is 98.9 Å². The average molecular weight is 320 g/mol. The highest BCUT2D eigenvalue weighted by Gasteiger charge is 2.05. The van der Waals surface area contributed by atoms with Gasteiger partial charge < -0.3 is 5.11 Å². The van der Waals surface area contributed by atoms with Crippen molar-refractivity contribution < 1.29 is 9.90 Å². The van der Waals surface area contributed by atoms with Crippen LogP contribution in [0.15, 0.2) is 21.6 Å².